The van der Waals surface area contributed by atoms with E-state index in [2.05, 4.69) is 4.18 Å². The Labute approximate surface area is 127 Å². The second kappa shape index (κ2) is 11.4. The van der Waals surface area contributed by atoms with Crippen LogP contribution in [0, 0.1) is 0 Å². The Balaban J connectivity index is 3.16. The fourth-order valence-electron chi connectivity index (χ4n) is 1.96. The first kappa shape index (κ1) is 20.8. The minimum atomic E-state index is -4.30. The minimum absolute atomic E-state index is 0.0204. The summed E-state index contributed by atoms with van der Waals surface area (Å²) < 4.78 is 62.5. The van der Waals surface area contributed by atoms with Gasteiger partial charge in [-0.3, -0.25) is 9.11 Å². The van der Waals surface area contributed by atoms with Crippen LogP contribution in [0.1, 0.15) is 64.2 Å². The van der Waals surface area contributed by atoms with Gasteiger partial charge in [0.25, 0.3) is 10.1 Å². The molecule has 0 fully saturated rings. The summed E-state index contributed by atoms with van der Waals surface area (Å²) in [6.45, 7) is 0.0204. The summed E-state index contributed by atoms with van der Waals surface area (Å²) in [5.41, 5.74) is 0. The van der Waals surface area contributed by atoms with Crippen molar-refractivity contribution in [2.45, 2.75) is 64.2 Å². The molecule has 0 rings (SSSR count). The van der Waals surface area contributed by atoms with Crippen molar-refractivity contribution in [1.29, 1.82) is 0 Å². The first-order chi connectivity index (χ1) is 9.71. The summed E-state index contributed by atoms with van der Waals surface area (Å²) in [7, 11) is -8.11. The van der Waals surface area contributed by atoms with Crippen molar-refractivity contribution in [2.75, 3.05) is 12.4 Å². The van der Waals surface area contributed by atoms with Gasteiger partial charge in [-0.2, -0.15) is 16.8 Å². The molecule has 0 unspecified atom stereocenters. The molecule has 0 spiro atoms. The molecule has 2 N–H and O–H groups in total. The second-order valence-corrected chi connectivity index (χ2v) is 7.73. The standard InChI is InChI=1S/C12H26O7S2/c13-20(14,15)12-10-8-6-4-2-1-3-5-7-9-11-19-21(16,17)18/h1-12H2,(H,13,14,15)(H,16,17,18). The number of rotatable bonds is 14. The Morgan fingerprint density at radius 1 is 0.619 bits per heavy atom. The molecule has 128 valence electrons. The fraction of sp³-hybridized carbons (Fsp3) is 1.00. The van der Waals surface area contributed by atoms with Gasteiger partial charge in [-0.1, -0.05) is 51.4 Å². The highest BCUT2D eigenvalue weighted by atomic mass is 32.3. The van der Waals surface area contributed by atoms with Gasteiger partial charge >= 0.3 is 10.4 Å². The molecule has 0 saturated heterocycles. The molecule has 9 heteroatoms. The van der Waals surface area contributed by atoms with E-state index in [-0.39, 0.29) is 12.4 Å². The lowest BCUT2D eigenvalue weighted by Crippen LogP contribution is -2.04. The largest absolute Gasteiger partial charge is 0.397 e. The van der Waals surface area contributed by atoms with E-state index >= 15 is 0 Å². The summed E-state index contributed by atoms with van der Waals surface area (Å²) in [6.07, 6.45) is 9.06. The zero-order valence-electron chi connectivity index (χ0n) is 12.2. The predicted molar refractivity (Wildman–Crippen MR) is 80.1 cm³/mol. The summed E-state index contributed by atoms with van der Waals surface area (Å²) in [5.74, 6) is -0.154. The minimum Gasteiger partial charge on any atom is -0.286 e. The monoisotopic (exact) mass is 346 g/mol. The maximum absolute atomic E-state index is 10.5. The van der Waals surface area contributed by atoms with Crippen molar-refractivity contribution in [3.63, 3.8) is 0 Å². The Bertz CT molecular complexity index is 400. The van der Waals surface area contributed by atoms with E-state index in [1.165, 1.54) is 0 Å². The molecule has 21 heavy (non-hydrogen) atoms. The molecule has 0 radical (unpaired) electrons. The van der Waals surface area contributed by atoms with Gasteiger partial charge in [0.2, 0.25) is 0 Å². The molecule has 7 nitrogen and oxygen atoms in total. The quantitative estimate of drug-likeness (QED) is 0.366. The van der Waals surface area contributed by atoms with Gasteiger partial charge in [0.15, 0.2) is 0 Å². The van der Waals surface area contributed by atoms with E-state index in [1.54, 1.807) is 0 Å². The summed E-state index contributed by atoms with van der Waals surface area (Å²) in [4.78, 5) is 0. The Morgan fingerprint density at radius 3 is 1.38 bits per heavy atom. The normalized spacial score (nSPS) is 12.7. The van der Waals surface area contributed by atoms with Crippen LogP contribution >= 0.6 is 0 Å². The third-order valence-corrected chi connectivity index (χ3v) is 4.30. The van der Waals surface area contributed by atoms with Gasteiger partial charge in [0, 0.05) is 0 Å². The lowest BCUT2D eigenvalue weighted by molar-refractivity contribution is 0.261. The highest BCUT2D eigenvalue weighted by molar-refractivity contribution is 7.85. The third kappa shape index (κ3) is 19.8. The van der Waals surface area contributed by atoms with Gasteiger partial charge in [-0.15, -0.1) is 0 Å². The van der Waals surface area contributed by atoms with Crippen molar-refractivity contribution in [1.82, 2.24) is 0 Å². The van der Waals surface area contributed by atoms with Crippen LogP contribution in [0.3, 0.4) is 0 Å². The van der Waals surface area contributed by atoms with Crippen LogP contribution in [0.15, 0.2) is 0 Å². The topological polar surface area (TPSA) is 118 Å². The Kier molecular flexibility index (Phi) is 11.2. The molecular formula is C12H26O7S2. The van der Waals surface area contributed by atoms with E-state index in [0.717, 1.165) is 51.4 Å². The fourth-order valence-corrected chi connectivity index (χ4v) is 2.86. The Morgan fingerprint density at radius 2 is 1.00 bits per heavy atom. The maximum atomic E-state index is 10.5. The Hall–Kier alpha value is -0.220. The number of hydrogen-bond acceptors (Lipinski definition) is 5. The third-order valence-electron chi connectivity index (χ3n) is 3.03. The number of hydrogen-bond donors (Lipinski definition) is 2. The van der Waals surface area contributed by atoms with Crippen LogP contribution < -0.4 is 0 Å². The summed E-state index contributed by atoms with van der Waals surface area (Å²) in [5, 5.41) is 0. The van der Waals surface area contributed by atoms with Gasteiger partial charge < -0.3 is 0 Å². The van der Waals surface area contributed by atoms with Crippen LogP contribution in [0.5, 0.6) is 0 Å². The van der Waals surface area contributed by atoms with Gasteiger partial charge in [0.05, 0.1) is 12.4 Å². The van der Waals surface area contributed by atoms with Gasteiger partial charge in [-0.25, -0.2) is 4.18 Å². The van der Waals surface area contributed by atoms with Crippen molar-refractivity contribution in [3.8, 4) is 0 Å². The molecule has 0 atom stereocenters. The molecule has 0 aliphatic carbocycles. The van der Waals surface area contributed by atoms with Crippen LogP contribution in [-0.2, 0) is 24.7 Å². The average Bonchev–Trinajstić information content (AvgIpc) is 2.32. The first-order valence-electron chi connectivity index (χ1n) is 7.28. The molecule has 0 heterocycles. The molecule has 0 aromatic rings. The first-order valence-corrected chi connectivity index (χ1v) is 10.3. The molecule has 0 aromatic carbocycles. The smallest absolute Gasteiger partial charge is 0.286 e. The highest BCUT2D eigenvalue weighted by Gasteiger charge is 2.03. The van der Waals surface area contributed by atoms with Crippen molar-refractivity contribution >= 4 is 20.5 Å². The SMILES string of the molecule is O=S(=O)(O)CCCCCCCCCCCCOS(=O)(=O)O. The van der Waals surface area contributed by atoms with E-state index in [0.29, 0.717) is 12.8 Å². The highest BCUT2D eigenvalue weighted by Crippen LogP contribution is 2.11. The number of unbranched alkanes of at least 4 members (excludes halogenated alkanes) is 9. The average molecular weight is 346 g/mol. The van der Waals surface area contributed by atoms with E-state index in [4.69, 9.17) is 9.11 Å². The van der Waals surface area contributed by atoms with Gasteiger partial charge in [-0.05, 0) is 12.8 Å². The zero-order valence-corrected chi connectivity index (χ0v) is 13.9. The van der Waals surface area contributed by atoms with Crippen LogP contribution in [0.25, 0.3) is 0 Å². The second-order valence-electron chi connectivity index (χ2n) is 5.07. The van der Waals surface area contributed by atoms with Crippen molar-refractivity contribution < 1.29 is 30.1 Å². The molecule has 0 bridgehead atoms. The van der Waals surface area contributed by atoms with E-state index in [9.17, 15) is 16.8 Å². The summed E-state index contributed by atoms with van der Waals surface area (Å²) in [6, 6.07) is 0. The molecule has 0 saturated carbocycles. The molecule has 0 aliphatic heterocycles. The van der Waals surface area contributed by atoms with Crippen LogP contribution in [0.4, 0.5) is 0 Å². The molecule has 0 amide bonds. The van der Waals surface area contributed by atoms with Crippen molar-refractivity contribution in [3.05, 3.63) is 0 Å². The van der Waals surface area contributed by atoms with Crippen molar-refractivity contribution in [2.24, 2.45) is 0 Å². The molecule has 0 aliphatic rings. The van der Waals surface area contributed by atoms with Crippen LogP contribution in [-0.4, -0.2) is 38.3 Å². The lowest BCUT2D eigenvalue weighted by atomic mass is 10.1. The van der Waals surface area contributed by atoms with Gasteiger partial charge in [0.1, 0.15) is 0 Å². The van der Waals surface area contributed by atoms with E-state index < -0.39 is 20.5 Å². The van der Waals surface area contributed by atoms with E-state index in [1.807, 2.05) is 0 Å². The van der Waals surface area contributed by atoms with Crippen LogP contribution in [0.2, 0.25) is 0 Å². The molecule has 0 aromatic heterocycles. The molecular weight excluding hydrogens is 320 g/mol. The predicted octanol–water partition coefficient (Wildman–Crippen LogP) is 2.59. The maximum Gasteiger partial charge on any atom is 0.397 e. The lowest BCUT2D eigenvalue weighted by Gasteiger charge is -2.02. The zero-order chi connectivity index (χ0) is 16.2. The summed E-state index contributed by atoms with van der Waals surface area (Å²) >= 11 is 0.